The van der Waals surface area contributed by atoms with Crippen LogP contribution < -0.4 is 9.47 Å². The van der Waals surface area contributed by atoms with E-state index >= 15 is 0 Å². The van der Waals surface area contributed by atoms with Gasteiger partial charge < -0.3 is 35.0 Å². The zero-order valence-electron chi connectivity index (χ0n) is 19.4. The molecule has 8 nitrogen and oxygen atoms in total. The first-order valence-electron chi connectivity index (χ1n) is 10.9. The predicted molar refractivity (Wildman–Crippen MR) is 126 cm³/mol. The third kappa shape index (κ3) is 5.03. The molecule has 182 valence electrons. The van der Waals surface area contributed by atoms with Gasteiger partial charge in [-0.25, -0.2) is 0 Å². The van der Waals surface area contributed by atoms with Crippen molar-refractivity contribution in [2.24, 2.45) is 0 Å². The molecule has 2 aromatic carbocycles. The number of methoxy groups -OCH3 is 1. The largest absolute Gasteiger partial charge is 0.507 e. The number of aliphatic hydroxyl groups is 2. The van der Waals surface area contributed by atoms with Crippen LogP contribution in [0.4, 0.5) is 0 Å². The van der Waals surface area contributed by atoms with Crippen molar-refractivity contribution in [2.75, 3.05) is 7.11 Å². The number of Topliss-reactive ketones (excluding diaryl/α,β-unsaturated/α-hetero) is 1. The molecule has 0 unspecified atom stereocenters. The molecule has 2 aromatic rings. The number of hydrogen-bond acceptors (Lipinski definition) is 8. The van der Waals surface area contributed by atoms with E-state index in [9.17, 15) is 30.3 Å². The average molecular weight is 471 g/mol. The second kappa shape index (κ2) is 10.2. The van der Waals surface area contributed by atoms with Crippen molar-refractivity contribution in [3.63, 3.8) is 0 Å². The molecule has 0 fully saturated rings. The Bertz CT molecular complexity index is 1130. The molecule has 0 aliphatic carbocycles. The summed E-state index contributed by atoms with van der Waals surface area (Å²) in [6.45, 7) is 7.34. The predicted octanol–water partition coefficient (Wildman–Crippen LogP) is 3.70. The number of fused-ring (bicyclic) bond motifs is 1. The van der Waals surface area contributed by atoms with Crippen molar-refractivity contribution in [3.05, 3.63) is 64.8 Å². The average Bonchev–Trinajstić information content (AvgIpc) is 2.79. The highest BCUT2D eigenvalue weighted by atomic mass is 16.5. The minimum absolute atomic E-state index is 0.0589. The van der Waals surface area contributed by atoms with Crippen LogP contribution in [0.1, 0.15) is 54.3 Å². The lowest BCUT2D eigenvalue weighted by Crippen LogP contribution is -2.36. The second-order valence-electron chi connectivity index (χ2n) is 8.53. The fraction of sp³-hybridized carbons (Fsp3) is 0.346. The Balaban J connectivity index is 1.87. The Hall–Kier alpha value is -3.49. The van der Waals surface area contributed by atoms with Crippen LogP contribution in [-0.2, 0) is 6.42 Å². The third-order valence-electron chi connectivity index (χ3n) is 5.97. The van der Waals surface area contributed by atoms with Crippen LogP contribution in [0.3, 0.4) is 0 Å². The molecule has 5 N–H and O–H groups in total. The zero-order chi connectivity index (χ0) is 25.2. The van der Waals surface area contributed by atoms with Crippen LogP contribution >= 0.6 is 0 Å². The molecule has 1 aliphatic rings. The Morgan fingerprint density at radius 2 is 1.91 bits per heavy atom. The lowest BCUT2D eigenvalue weighted by atomic mass is 9.90. The maximum atomic E-state index is 13.0. The minimum atomic E-state index is -1.62. The van der Waals surface area contributed by atoms with Gasteiger partial charge in [0, 0.05) is 11.6 Å². The zero-order valence-corrected chi connectivity index (χ0v) is 19.4. The van der Waals surface area contributed by atoms with Gasteiger partial charge in [-0.3, -0.25) is 4.79 Å². The highest BCUT2D eigenvalue weighted by Crippen LogP contribution is 2.45. The molecule has 3 atom stereocenters. The van der Waals surface area contributed by atoms with Crippen LogP contribution in [0.25, 0.3) is 0 Å². The van der Waals surface area contributed by atoms with Crippen LogP contribution in [0.2, 0.25) is 0 Å². The van der Waals surface area contributed by atoms with Gasteiger partial charge in [0.1, 0.15) is 22.8 Å². The van der Waals surface area contributed by atoms with Crippen molar-refractivity contribution in [3.8, 4) is 28.7 Å². The van der Waals surface area contributed by atoms with Gasteiger partial charge in [-0.2, -0.15) is 0 Å². The van der Waals surface area contributed by atoms with Gasteiger partial charge in [-0.15, -0.1) is 0 Å². The number of aliphatic hydroxyl groups excluding tert-OH is 2. The van der Waals surface area contributed by atoms with Gasteiger partial charge in [-0.1, -0.05) is 29.9 Å². The second-order valence-corrected chi connectivity index (χ2v) is 8.53. The SMILES string of the molecule is C=C(C)[C@H](O)CCC(C)=CCc1c(O)cc2c(c1O)C(=O)[C@H](O)[C@@H](c1ccc(O)c(OC)c1)O2. The number of hydrogen-bond donors (Lipinski definition) is 5. The van der Waals surface area contributed by atoms with Gasteiger partial charge in [0.2, 0.25) is 5.78 Å². The summed E-state index contributed by atoms with van der Waals surface area (Å²) in [5.41, 5.74) is 1.91. The van der Waals surface area contributed by atoms with Gasteiger partial charge >= 0.3 is 0 Å². The number of allylic oxidation sites excluding steroid dienone is 2. The monoisotopic (exact) mass is 470 g/mol. The fourth-order valence-electron chi connectivity index (χ4n) is 3.80. The summed E-state index contributed by atoms with van der Waals surface area (Å²) in [5, 5.41) is 51.6. The van der Waals surface area contributed by atoms with Gasteiger partial charge in [0.05, 0.1) is 13.2 Å². The van der Waals surface area contributed by atoms with Crippen molar-refractivity contribution < 1.29 is 39.8 Å². The lowest BCUT2D eigenvalue weighted by molar-refractivity contribution is 0.0209. The van der Waals surface area contributed by atoms with E-state index in [1.165, 1.54) is 31.4 Å². The lowest BCUT2D eigenvalue weighted by Gasteiger charge is -2.31. The van der Waals surface area contributed by atoms with Gasteiger partial charge in [0.15, 0.2) is 23.7 Å². The Morgan fingerprint density at radius 1 is 1.21 bits per heavy atom. The summed E-state index contributed by atoms with van der Waals surface area (Å²) in [4.78, 5) is 13.0. The number of phenolic OH excluding ortho intramolecular Hbond substituents is 3. The molecule has 0 aromatic heterocycles. The number of ketones is 1. The Kier molecular flexibility index (Phi) is 7.54. The van der Waals surface area contributed by atoms with Crippen molar-refractivity contribution in [1.82, 2.24) is 0 Å². The van der Waals surface area contributed by atoms with E-state index in [-0.39, 0.29) is 40.5 Å². The van der Waals surface area contributed by atoms with Crippen LogP contribution in [0.5, 0.6) is 28.7 Å². The number of phenols is 3. The number of carbonyl (C=O) groups is 1. The first-order chi connectivity index (χ1) is 16.0. The molecule has 0 amide bonds. The maximum Gasteiger partial charge on any atom is 0.202 e. The van der Waals surface area contributed by atoms with Gasteiger partial charge in [-0.05, 0) is 50.8 Å². The molecule has 3 rings (SSSR count). The molecule has 34 heavy (non-hydrogen) atoms. The van der Waals surface area contributed by atoms with Crippen molar-refractivity contribution in [2.45, 2.75) is 51.4 Å². The fourth-order valence-corrected chi connectivity index (χ4v) is 3.80. The quantitative estimate of drug-likeness (QED) is 0.369. The minimum Gasteiger partial charge on any atom is -0.507 e. The molecule has 0 saturated carbocycles. The Morgan fingerprint density at radius 3 is 2.56 bits per heavy atom. The van der Waals surface area contributed by atoms with E-state index in [4.69, 9.17) is 9.47 Å². The van der Waals surface area contributed by atoms with E-state index in [2.05, 4.69) is 6.58 Å². The molecule has 0 saturated heterocycles. The van der Waals surface area contributed by atoms with Crippen molar-refractivity contribution >= 4 is 5.78 Å². The Labute approximate surface area is 198 Å². The number of carbonyl (C=O) groups excluding carboxylic acids is 1. The van der Waals surface area contributed by atoms with E-state index in [0.29, 0.717) is 24.0 Å². The highest BCUT2D eigenvalue weighted by Gasteiger charge is 2.40. The van der Waals surface area contributed by atoms with E-state index in [0.717, 1.165) is 5.57 Å². The molecule has 0 spiro atoms. The summed E-state index contributed by atoms with van der Waals surface area (Å²) >= 11 is 0. The summed E-state index contributed by atoms with van der Waals surface area (Å²) in [7, 11) is 1.37. The number of rotatable bonds is 8. The maximum absolute atomic E-state index is 13.0. The van der Waals surface area contributed by atoms with E-state index in [1.807, 2.05) is 6.92 Å². The summed E-state index contributed by atoms with van der Waals surface area (Å²) in [6.07, 6.45) is -0.316. The number of benzene rings is 2. The molecule has 8 heteroatoms. The van der Waals surface area contributed by atoms with E-state index < -0.39 is 29.8 Å². The summed E-state index contributed by atoms with van der Waals surface area (Å²) in [6, 6.07) is 5.52. The number of ether oxygens (including phenoxy) is 2. The third-order valence-corrected chi connectivity index (χ3v) is 5.97. The van der Waals surface area contributed by atoms with E-state index in [1.54, 1.807) is 13.0 Å². The molecular weight excluding hydrogens is 440 g/mol. The molecule has 1 heterocycles. The van der Waals surface area contributed by atoms with Crippen LogP contribution in [0.15, 0.2) is 48.1 Å². The standard InChI is InChI=1S/C26H30O8/c1-13(2)17(27)9-6-14(3)5-8-16-19(29)12-21-22(23(16)30)24(31)25(32)26(34-21)15-7-10-18(28)20(11-15)33-4/h5,7,10-12,17,25-30,32H,1,6,8-9H2,2-4H3/t17-,25+,26-/m1/s1. The first-order valence-corrected chi connectivity index (χ1v) is 10.9. The normalized spacial score (nSPS) is 18.7. The first kappa shape index (κ1) is 25.1. The van der Waals surface area contributed by atoms with Crippen LogP contribution in [-0.4, -0.2) is 50.6 Å². The molecule has 0 radical (unpaired) electrons. The van der Waals surface area contributed by atoms with Gasteiger partial charge in [0.25, 0.3) is 0 Å². The summed E-state index contributed by atoms with van der Waals surface area (Å²) < 4.78 is 10.9. The smallest absolute Gasteiger partial charge is 0.202 e. The molecule has 0 bridgehead atoms. The summed E-state index contributed by atoms with van der Waals surface area (Å²) in [5.74, 6) is -1.48. The van der Waals surface area contributed by atoms with Crippen LogP contribution in [0, 0.1) is 0 Å². The molecule has 1 aliphatic heterocycles. The van der Waals surface area contributed by atoms with Crippen molar-refractivity contribution in [1.29, 1.82) is 0 Å². The highest BCUT2D eigenvalue weighted by molar-refractivity contribution is 6.06. The number of aromatic hydroxyl groups is 3. The topological polar surface area (TPSA) is 137 Å². The molecular formula is C26H30O8.